The predicted octanol–water partition coefficient (Wildman–Crippen LogP) is 3.22. The Morgan fingerprint density at radius 1 is 1.14 bits per heavy atom. The molecule has 0 aliphatic carbocycles. The molecule has 0 aliphatic heterocycles. The van der Waals surface area contributed by atoms with Crippen molar-refractivity contribution in [2.45, 2.75) is 20.3 Å². The van der Waals surface area contributed by atoms with Gasteiger partial charge in [-0.25, -0.2) is 8.42 Å². The number of amides is 1. The summed E-state index contributed by atoms with van der Waals surface area (Å²) in [7, 11) is 0.696. The molecule has 2 aromatic rings. The number of hydrogen-bond donors (Lipinski definition) is 1. The molecule has 0 saturated heterocycles. The van der Waals surface area contributed by atoms with E-state index in [1.807, 2.05) is 32.0 Å². The molecule has 1 N–H and O–H groups in total. The summed E-state index contributed by atoms with van der Waals surface area (Å²) >= 11 is 0. The Bertz CT molecular complexity index is 986. The molecule has 0 atom stereocenters. The van der Waals surface area contributed by atoms with Crippen LogP contribution in [0.3, 0.4) is 0 Å². The summed E-state index contributed by atoms with van der Waals surface area (Å²) in [6.45, 7) is 3.91. The van der Waals surface area contributed by atoms with Crippen LogP contribution < -0.4 is 19.1 Å². The van der Waals surface area contributed by atoms with E-state index < -0.39 is 15.9 Å². The normalized spacial score (nSPS) is 11.1. The lowest BCUT2D eigenvalue weighted by molar-refractivity contribution is 0.102. The molecule has 0 spiro atoms. The minimum Gasteiger partial charge on any atom is -0.493 e. The second kappa shape index (κ2) is 8.52. The fraction of sp³-hybridized carbons (Fsp3) is 0.350. The number of nitrogens with one attached hydrogen (secondary N) is 1. The number of hydrogen-bond acceptors (Lipinski definition) is 5. The van der Waals surface area contributed by atoms with Crippen molar-refractivity contribution in [1.82, 2.24) is 0 Å². The Hall–Kier alpha value is -2.74. The van der Waals surface area contributed by atoms with E-state index in [1.165, 1.54) is 33.4 Å². The molecular weight excluding hydrogens is 380 g/mol. The Kier molecular flexibility index (Phi) is 6.56. The van der Waals surface area contributed by atoms with Crippen LogP contribution in [0, 0.1) is 6.92 Å². The highest BCUT2D eigenvalue weighted by Gasteiger charge is 2.24. The zero-order valence-electron chi connectivity index (χ0n) is 17.0. The topological polar surface area (TPSA) is 84.9 Å². The van der Waals surface area contributed by atoms with Crippen LogP contribution in [-0.2, 0) is 16.4 Å². The van der Waals surface area contributed by atoms with Gasteiger partial charge in [0, 0.05) is 18.8 Å². The summed E-state index contributed by atoms with van der Waals surface area (Å²) in [5.74, 6) is 0.226. The molecule has 7 nitrogen and oxygen atoms in total. The van der Waals surface area contributed by atoms with Gasteiger partial charge in [0.1, 0.15) is 0 Å². The van der Waals surface area contributed by atoms with Crippen LogP contribution in [0.4, 0.5) is 11.4 Å². The molecule has 0 radical (unpaired) electrons. The molecule has 2 rings (SSSR count). The van der Waals surface area contributed by atoms with Crippen molar-refractivity contribution in [1.29, 1.82) is 0 Å². The zero-order valence-corrected chi connectivity index (χ0v) is 17.8. The summed E-state index contributed by atoms with van der Waals surface area (Å²) < 4.78 is 35.8. The highest BCUT2D eigenvalue weighted by molar-refractivity contribution is 7.92. The second-order valence-electron chi connectivity index (χ2n) is 6.37. The minimum absolute atomic E-state index is 0.163. The highest BCUT2D eigenvalue weighted by atomic mass is 32.2. The molecule has 8 heteroatoms. The monoisotopic (exact) mass is 406 g/mol. The molecule has 2 aromatic carbocycles. The van der Waals surface area contributed by atoms with E-state index in [-0.39, 0.29) is 11.3 Å². The molecule has 28 heavy (non-hydrogen) atoms. The molecule has 152 valence electrons. The van der Waals surface area contributed by atoms with Gasteiger partial charge in [0.2, 0.25) is 10.0 Å². The minimum atomic E-state index is -3.59. The van der Waals surface area contributed by atoms with Gasteiger partial charge in [0.05, 0.1) is 31.7 Å². The van der Waals surface area contributed by atoms with Crippen LogP contribution in [0.1, 0.15) is 28.4 Å². The number of nitrogens with zero attached hydrogens (tertiary/aromatic N) is 1. The Morgan fingerprint density at radius 2 is 1.75 bits per heavy atom. The Morgan fingerprint density at radius 3 is 2.29 bits per heavy atom. The molecule has 0 unspecified atom stereocenters. The number of methoxy groups -OCH3 is 2. The average Bonchev–Trinajstić information content (AvgIpc) is 2.66. The fourth-order valence-electron chi connectivity index (χ4n) is 2.87. The predicted molar refractivity (Wildman–Crippen MR) is 111 cm³/mol. The largest absolute Gasteiger partial charge is 0.493 e. The lowest BCUT2D eigenvalue weighted by atomic mass is 10.0. The number of carbonyl (C=O) groups excluding carboxylic acids is 1. The van der Waals surface area contributed by atoms with Gasteiger partial charge in [0.15, 0.2) is 11.5 Å². The number of anilines is 2. The first-order valence-corrected chi connectivity index (χ1v) is 10.6. The van der Waals surface area contributed by atoms with Crippen molar-refractivity contribution in [3.63, 3.8) is 0 Å². The van der Waals surface area contributed by atoms with Crippen LogP contribution in [0.2, 0.25) is 0 Å². The van der Waals surface area contributed by atoms with Crippen LogP contribution >= 0.6 is 0 Å². The van der Waals surface area contributed by atoms with Gasteiger partial charge in [-0.3, -0.25) is 9.10 Å². The van der Waals surface area contributed by atoms with Crippen molar-refractivity contribution >= 4 is 27.3 Å². The molecule has 0 fully saturated rings. The highest BCUT2D eigenvalue weighted by Crippen LogP contribution is 2.36. The van der Waals surface area contributed by atoms with Crippen molar-refractivity contribution in [2.24, 2.45) is 0 Å². The lowest BCUT2D eigenvalue weighted by Crippen LogP contribution is -2.28. The maximum atomic E-state index is 13.1. The first kappa shape index (κ1) is 21.6. The summed E-state index contributed by atoms with van der Waals surface area (Å²) in [5.41, 5.74) is 3.00. The van der Waals surface area contributed by atoms with E-state index in [1.54, 1.807) is 0 Å². The van der Waals surface area contributed by atoms with Crippen molar-refractivity contribution in [2.75, 3.05) is 37.1 Å². The molecule has 0 heterocycles. The van der Waals surface area contributed by atoms with Crippen LogP contribution in [0.5, 0.6) is 11.5 Å². The van der Waals surface area contributed by atoms with E-state index >= 15 is 0 Å². The van der Waals surface area contributed by atoms with Gasteiger partial charge in [-0.1, -0.05) is 25.1 Å². The van der Waals surface area contributed by atoms with Gasteiger partial charge in [-0.2, -0.15) is 0 Å². The molecule has 0 saturated carbocycles. The SMILES string of the molecule is CCc1cccc(C)c1NC(=O)c1cc(OC)c(OC)cc1N(C)S(C)(=O)=O. The van der Waals surface area contributed by atoms with E-state index in [2.05, 4.69) is 5.32 Å². The standard InChI is InChI=1S/C20H26N2O5S/c1-7-14-10-8-9-13(2)19(14)21-20(23)15-11-17(26-4)18(27-5)12-16(15)22(3)28(6,24)25/h8-12H,7H2,1-6H3,(H,21,23). The quantitative estimate of drug-likeness (QED) is 0.763. The molecule has 0 aromatic heterocycles. The molecule has 0 bridgehead atoms. The van der Waals surface area contributed by atoms with E-state index in [0.29, 0.717) is 11.5 Å². The lowest BCUT2D eigenvalue weighted by Gasteiger charge is -2.22. The van der Waals surface area contributed by atoms with Gasteiger partial charge < -0.3 is 14.8 Å². The maximum absolute atomic E-state index is 13.1. The first-order chi connectivity index (χ1) is 13.1. The van der Waals surface area contributed by atoms with E-state index in [9.17, 15) is 13.2 Å². The number of aryl methyl sites for hydroxylation is 2. The third kappa shape index (κ3) is 4.39. The summed E-state index contributed by atoms with van der Waals surface area (Å²) in [6.07, 6.45) is 1.82. The summed E-state index contributed by atoms with van der Waals surface area (Å²) in [6, 6.07) is 8.75. The number of benzene rings is 2. The fourth-order valence-corrected chi connectivity index (χ4v) is 3.38. The van der Waals surface area contributed by atoms with Crippen molar-refractivity contribution in [3.8, 4) is 11.5 Å². The Labute approximate surface area is 166 Å². The number of carbonyl (C=O) groups is 1. The summed E-state index contributed by atoms with van der Waals surface area (Å²) in [4.78, 5) is 13.1. The number of para-hydroxylation sites is 1. The maximum Gasteiger partial charge on any atom is 0.257 e. The zero-order chi connectivity index (χ0) is 21.1. The van der Waals surface area contributed by atoms with Gasteiger partial charge >= 0.3 is 0 Å². The molecular formula is C20H26N2O5S. The summed E-state index contributed by atoms with van der Waals surface area (Å²) in [5, 5.41) is 2.92. The van der Waals surface area contributed by atoms with Gasteiger partial charge in [-0.15, -0.1) is 0 Å². The van der Waals surface area contributed by atoms with Crippen molar-refractivity contribution in [3.05, 3.63) is 47.0 Å². The van der Waals surface area contributed by atoms with Crippen LogP contribution in [0.25, 0.3) is 0 Å². The van der Waals surface area contributed by atoms with Crippen molar-refractivity contribution < 1.29 is 22.7 Å². The third-order valence-corrected chi connectivity index (χ3v) is 5.75. The number of rotatable bonds is 7. The Balaban J connectivity index is 2.61. The molecule has 0 aliphatic rings. The second-order valence-corrected chi connectivity index (χ2v) is 8.39. The van der Waals surface area contributed by atoms with Crippen LogP contribution in [-0.4, -0.2) is 41.8 Å². The van der Waals surface area contributed by atoms with Crippen LogP contribution in [0.15, 0.2) is 30.3 Å². The van der Waals surface area contributed by atoms with E-state index in [0.717, 1.165) is 33.8 Å². The molecule has 1 amide bonds. The number of ether oxygens (including phenoxy) is 2. The van der Waals surface area contributed by atoms with Gasteiger partial charge in [0.25, 0.3) is 5.91 Å². The first-order valence-electron chi connectivity index (χ1n) is 8.73. The van der Waals surface area contributed by atoms with E-state index in [4.69, 9.17) is 9.47 Å². The van der Waals surface area contributed by atoms with Gasteiger partial charge in [-0.05, 0) is 30.5 Å². The number of sulfonamides is 1. The average molecular weight is 407 g/mol. The third-order valence-electron chi connectivity index (χ3n) is 4.56. The smallest absolute Gasteiger partial charge is 0.257 e.